The Morgan fingerprint density at radius 3 is 1.86 bits per heavy atom. The van der Waals surface area contributed by atoms with Crippen LogP contribution in [0.3, 0.4) is 0 Å². The minimum atomic E-state index is 0.925. The summed E-state index contributed by atoms with van der Waals surface area (Å²) in [5, 5.41) is 2.14. The standard InChI is InChI=1S/C10H16N2.C8H12N2/c1-3-11-12(4-2)10-8-6-5-7-9-10;1-2-9-10-8-6-4-3-5-7-8/h5-9,11H,3-4H2,1-2H3;3-7,9-10H,2H2,1H3. The molecule has 3 N–H and O–H groups in total. The molecule has 0 aliphatic heterocycles. The van der Waals surface area contributed by atoms with Gasteiger partial charge in [0.1, 0.15) is 0 Å². The fourth-order valence-electron chi connectivity index (χ4n) is 1.90. The lowest BCUT2D eigenvalue weighted by atomic mass is 10.3. The van der Waals surface area contributed by atoms with Crippen LogP contribution in [-0.4, -0.2) is 19.6 Å². The average molecular weight is 300 g/mol. The monoisotopic (exact) mass is 300 g/mol. The summed E-state index contributed by atoms with van der Waals surface area (Å²) in [4.78, 5) is 0. The lowest BCUT2D eigenvalue weighted by Crippen LogP contribution is -2.37. The van der Waals surface area contributed by atoms with Crippen LogP contribution in [0, 0.1) is 0 Å². The van der Waals surface area contributed by atoms with E-state index in [-0.39, 0.29) is 0 Å². The molecule has 22 heavy (non-hydrogen) atoms. The Balaban J connectivity index is 0.000000224. The molecule has 0 atom stereocenters. The maximum Gasteiger partial charge on any atom is 0.0519 e. The second-order valence-electron chi connectivity index (χ2n) is 4.61. The molecule has 2 rings (SSSR count). The number of hydrazine groups is 2. The number of benzene rings is 2. The first-order chi connectivity index (χ1) is 10.8. The highest BCUT2D eigenvalue weighted by molar-refractivity contribution is 5.44. The van der Waals surface area contributed by atoms with Gasteiger partial charge in [-0.25, -0.2) is 10.9 Å². The number of rotatable bonds is 7. The molecule has 2 aromatic rings. The van der Waals surface area contributed by atoms with Gasteiger partial charge in [-0.05, 0) is 31.2 Å². The summed E-state index contributed by atoms with van der Waals surface area (Å²) in [6, 6.07) is 20.4. The van der Waals surface area contributed by atoms with Crippen LogP contribution < -0.4 is 21.3 Å². The normalized spacial score (nSPS) is 9.59. The zero-order valence-electron chi connectivity index (χ0n) is 13.8. The van der Waals surface area contributed by atoms with Crippen molar-refractivity contribution in [1.82, 2.24) is 10.9 Å². The lowest BCUT2D eigenvalue weighted by Gasteiger charge is -2.22. The van der Waals surface area contributed by atoms with Crippen LogP contribution in [0.1, 0.15) is 20.8 Å². The Labute approximate surface area is 134 Å². The maximum atomic E-state index is 3.28. The highest BCUT2D eigenvalue weighted by Gasteiger charge is 1.99. The van der Waals surface area contributed by atoms with Gasteiger partial charge in [0.15, 0.2) is 0 Å². The van der Waals surface area contributed by atoms with E-state index in [1.807, 2.05) is 36.4 Å². The first kappa shape index (κ1) is 18.0. The lowest BCUT2D eigenvalue weighted by molar-refractivity contribution is 0.664. The first-order valence-electron chi connectivity index (χ1n) is 7.91. The number of para-hydroxylation sites is 2. The summed E-state index contributed by atoms with van der Waals surface area (Å²) in [5.74, 6) is 0. The molecular formula is C18H28N4. The van der Waals surface area contributed by atoms with E-state index < -0.39 is 0 Å². The molecule has 0 aromatic heterocycles. The zero-order valence-corrected chi connectivity index (χ0v) is 13.8. The Morgan fingerprint density at radius 2 is 1.36 bits per heavy atom. The Bertz CT molecular complexity index is 473. The molecule has 4 nitrogen and oxygen atoms in total. The molecule has 0 aliphatic rings. The number of nitrogens with one attached hydrogen (secondary N) is 3. The van der Waals surface area contributed by atoms with Crippen molar-refractivity contribution >= 4 is 11.4 Å². The van der Waals surface area contributed by atoms with Gasteiger partial charge < -0.3 is 10.4 Å². The maximum absolute atomic E-state index is 3.28. The van der Waals surface area contributed by atoms with Crippen molar-refractivity contribution < 1.29 is 0 Å². The van der Waals surface area contributed by atoms with E-state index in [9.17, 15) is 0 Å². The van der Waals surface area contributed by atoms with E-state index in [2.05, 4.69) is 66.3 Å². The molecule has 0 bridgehead atoms. The molecule has 0 amide bonds. The Hall–Kier alpha value is -2.04. The third-order valence-electron chi connectivity index (χ3n) is 2.92. The predicted molar refractivity (Wildman–Crippen MR) is 96.9 cm³/mol. The Morgan fingerprint density at radius 1 is 0.773 bits per heavy atom. The third-order valence-corrected chi connectivity index (χ3v) is 2.92. The molecule has 0 heterocycles. The van der Waals surface area contributed by atoms with E-state index in [4.69, 9.17) is 0 Å². The van der Waals surface area contributed by atoms with E-state index >= 15 is 0 Å². The second-order valence-corrected chi connectivity index (χ2v) is 4.61. The predicted octanol–water partition coefficient (Wildman–Crippen LogP) is 3.66. The van der Waals surface area contributed by atoms with Crippen LogP contribution in [0.15, 0.2) is 60.7 Å². The van der Waals surface area contributed by atoms with Gasteiger partial charge in [0.25, 0.3) is 0 Å². The minimum absolute atomic E-state index is 0.925. The number of anilines is 2. The molecule has 120 valence electrons. The largest absolute Gasteiger partial charge is 0.322 e. The number of hydrogen-bond acceptors (Lipinski definition) is 4. The topological polar surface area (TPSA) is 39.3 Å². The van der Waals surface area contributed by atoms with Crippen LogP contribution in [0.25, 0.3) is 0 Å². The molecule has 2 aromatic carbocycles. The average Bonchev–Trinajstić information content (AvgIpc) is 2.60. The van der Waals surface area contributed by atoms with Crippen LogP contribution in [0.4, 0.5) is 11.4 Å². The van der Waals surface area contributed by atoms with Gasteiger partial charge in [-0.2, -0.15) is 0 Å². The van der Waals surface area contributed by atoms with Crippen LogP contribution >= 0.6 is 0 Å². The van der Waals surface area contributed by atoms with Gasteiger partial charge in [0.2, 0.25) is 0 Å². The van der Waals surface area contributed by atoms with Gasteiger partial charge in [0, 0.05) is 25.3 Å². The molecule has 0 spiro atoms. The minimum Gasteiger partial charge on any atom is -0.322 e. The Kier molecular flexibility index (Phi) is 9.50. The van der Waals surface area contributed by atoms with Gasteiger partial charge >= 0.3 is 0 Å². The van der Waals surface area contributed by atoms with Crippen molar-refractivity contribution in [2.24, 2.45) is 0 Å². The summed E-state index contributed by atoms with van der Waals surface area (Å²) in [6.45, 7) is 9.16. The quantitative estimate of drug-likeness (QED) is 0.682. The number of nitrogens with zero attached hydrogens (tertiary/aromatic N) is 1. The van der Waals surface area contributed by atoms with Crippen molar-refractivity contribution in [1.29, 1.82) is 0 Å². The first-order valence-corrected chi connectivity index (χ1v) is 7.91. The fraction of sp³-hybridized carbons (Fsp3) is 0.333. The molecule has 0 radical (unpaired) electrons. The van der Waals surface area contributed by atoms with Crippen LogP contribution in [-0.2, 0) is 0 Å². The molecule has 4 heteroatoms. The second kappa shape index (κ2) is 11.6. The van der Waals surface area contributed by atoms with Gasteiger partial charge in [-0.3, -0.25) is 0 Å². The summed E-state index contributed by atoms with van der Waals surface area (Å²) in [7, 11) is 0. The molecule has 0 aliphatic carbocycles. The van der Waals surface area contributed by atoms with Gasteiger partial charge in [0.05, 0.1) is 5.69 Å². The summed E-state index contributed by atoms with van der Waals surface area (Å²) < 4.78 is 0. The molecule has 0 saturated carbocycles. The summed E-state index contributed by atoms with van der Waals surface area (Å²) in [5.41, 5.74) is 11.7. The van der Waals surface area contributed by atoms with Crippen molar-refractivity contribution in [3.05, 3.63) is 60.7 Å². The van der Waals surface area contributed by atoms with E-state index in [1.165, 1.54) is 5.69 Å². The highest BCUT2D eigenvalue weighted by Crippen LogP contribution is 2.09. The zero-order chi connectivity index (χ0) is 16.0. The third kappa shape index (κ3) is 7.11. The fourth-order valence-corrected chi connectivity index (χ4v) is 1.90. The van der Waals surface area contributed by atoms with E-state index in [1.54, 1.807) is 0 Å². The molecule has 0 saturated heterocycles. The van der Waals surface area contributed by atoms with Crippen molar-refractivity contribution in [2.45, 2.75) is 20.8 Å². The molecule has 0 unspecified atom stereocenters. The summed E-state index contributed by atoms with van der Waals surface area (Å²) >= 11 is 0. The van der Waals surface area contributed by atoms with Gasteiger partial charge in [-0.1, -0.05) is 50.2 Å². The van der Waals surface area contributed by atoms with Gasteiger partial charge in [-0.15, -0.1) is 0 Å². The van der Waals surface area contributed by atoms with Crippen LogP contribution in [0.2, 0.25) is 0 Å². The van der Waals surface area contributed by atoms with Crippen molar-refractivity contribution in [3.63, 3.8) is 0 Å². The van der Waals surface area contributed by atoms with Crippen molar-refractivity contribution in [3.8, 4) is 0 Å². The van der Waals surface area contributed by atoms with E-state index in [0.29, 0.717) is 0 Å². The van der Waals surface area contributed by atoms with E-state index in [0.717, 1.165) is 25.3 Å². The highest BCUT2D eigenvalue weighted by atomic mass is 15.5. The smallest absolute Gasteiger partial charge is 0.0519 e. The van der Waals surface area contributed by atoms with Crippen LogP contribution in [0.5, 0.6) is 0 Å². The SMILES string of the molecule is CCNN(CC)c1ccccc1.CCNNc1ccccc1. The molecular weight excluding hydrogens is 272 g/mol. The number of hydrogen-bond donors (Lipinski definition) is 3. The summed E-state index contributed by atoms with van der Waals surface area (Å²) in [6.07, 6.45) is 0. The molecule has 0 fully saturated rings. The van der Waals surface area contributed by atoms with Crippen molar-refractivity contribution in [2.75, 3.05) is 30.1 Å².